The summed E-state index contributed by atoms with van der Waals surface area (Å²) in [6, 6.07) is 7.36. The van der Waals surface area contributed by atoms with Crippen LogP contribution < -0.4 is 16.0 Å². The van der Waals surface area contributed by atoms with Gasteiger partial charge in [0.05, 0.1) is 6.04 Å². The summed E-state index contributed by atoms with van der Waals surface area (Å²) < 4.78 is 0. The Morgan fingerprint density at radius 3 is 2.30 bits per heavy atom. The molecule has 5 heteroatoms. The smallest absolute Gasteiger partial charge is 0.321 e. The number of benzene rings is 1. The molecule has 0 fully saturated rings. The monoisotopic (exact) mass is 277 g/mol. The van der Waals surface area contributed by atoms with E-state index in [0.29, 0.717) is 0 Å². The van der Waals surface area contributed by atoms with Crippen LogP contribution in [0, 0.1) is 6.92 Å². The van der Waals surface area contributed by atoms with E-state index in [1.807, 2.05) is 6.92 Å². The van der Waals surface area contributed by atoms with Crippen LogP contribution >= 0.6 is 0 Å². The fourth-order valence-electron chi connectivity index (χ4n) is 1.91. The van der Waals surface area contributed by atoms with Crippen LogP contribution in [0.2, 0.25) is 0 Å². The van der Waals surface area contributed by atoms with Gasteiger partial charge in [-0.05, 0) is 25.8 Å². The van der Waals surface area contributed by atoms with E-state index in [4.69, 9.17) is 0 Å². The number of carbonyl (C=O) groups is 2. The standard InChI is InChI=1S/C15H23N3O2/c1-5-13(12-8-6-10(2)7-9-12)17-11(3)14(19)18-15(20)16-4/h6-9,11,13,17H,5H2,1-4H3,(H2,16,18,19,20)/t11-,13-/m1/s1. The molecule has 0 aliphatic rings. The predicted octanol–water partition coefficient (Wildman–Crippen LogP) is 1.88. The molecule has 0 bridgehead atoms. The molecule has 1 rings (SSSR count). The van der Waals surface area contributed by atoms with Crippen LogP contribution in [0.5, 0.6) is 0 Å². The van der Waals surface area contributed by atoms with Crippen LogP contribution in [0.25, 0.3) is 0 Å². The van der Waals surface area contributed by atoms with Crippen molar-refractivity contribution in [1.82, 2.24) is 16.0 Å². The first-order valence-corrected chi connectivity index (χ1v) is 6.83. The summed E-state index contributed by atoms with van der Waals surface area (Å²) in [5, 5.41) is 7.86. The van der Waals surface area contributed by atoms with Crippen LogP contribution in [0.1, 0.15) is 37.4 Å². The van der Waals surface area contributed by atoms with Gasteiger partial charge in [0.25, 0.3) is 0 Å². The Morgan fingerprint density at radius 1 is 1.20 bits per heavy atom. The summed E-state index contributed by atoms with van der Waals surface area (Å²) in [4.78, 5) is 22.9. The molecule has 0 heterocycles. The average molecular weight is 277 g/mol. The fourth-order valence-corrected chi connectivity index (χ4v) is 1.91. The quantitative estimate of drug-likeness (QED) is 0.769. The molecule has 0 saturated carbocycles. The topological polar surface area (TPSA) is 70.2 Å². The van der Waals surface area contributed by atoms with Crippen LogP contribution in [0.15, 0.2) is 24.3 Å². The molecule has 0 saturated heterocycles. The molecule has 0 aromatic heterocycles. The highest BCUT2D eigenvalue weighted by atomic mass is 16.2. The lowest BCUT2D eigenvalue weighted by molar-refractivity contribution is -0.121. The molecule has 0 spiro atoms. The summed E-state index contributed by atoms with van der Waals surface area (Å²) in [6.45, 7) is 5.84. The van der Waals surface area contributed by atoms with Crippen LogP contribution in [0.4, 0.5) is 4.79 Å². The Kier molecular flexibility index (Phi) is 6.18. The van der Waals surface area contributed by atoms with Crippen molar-refractivity contribution >= 4 is 11.9 Å². The van der Waals surface area contributed by atoms with Gasteiger partial charge in [0.15, 0.2) is 0 Å². The molecule has 5 nitrogen and oxygen atoms in total. The van der Waals surface area contributed by atoms with E-state index in [9.17, 15) is 9.59 Å². The highest BCUT2D eigenvalue weighted by Gasteiger charge is 2.19. The Labute approximate surface area is 120 Å². The lowest BCUT2D eigenvalue weighted by Gasteiger charge is -2.22. The van der Waals surface area contributed by atoms with Gasteiger partial charge in [-0.2, -0.15) is 0 Å². The minimum atomic E-state index is -0.493. The number of hydrogen-bond acceptors (Lipinski definition) is 3. The predicted molar refractivity (Wildman–Crippen MR) is 79.4 cm³/mol. The number of nitrogens with one attached hydrogen (secondary N) is 3. The Balaban J connectivity index is 2.66. The SMILES string of the molecule is CC[C@@H](N[C@H](C)C(=O)NC(=O)NC)c1ccc(C)cc1. The van der Waals surface area contributed by atoms with Gasteiger partial charge in [-0.15, -0.1) is 0 Å². The number of rotatable bonds is 5. The van der Waals surface area contributed by atoms with E-state index in [-0.39, 0.29) is 11.9 Å². The molecular weight excluding hydrogens is 254 g/mol. The Hall–Kier alpha value is -1.88. The first-order chi connectivity index (χ1) is 9.47. The molecule has 0 aliphatic heterocycles. The van der Waals surface area contributed by atoms with E-state index in [2.05, 4.69) is 47.1 Å². The number of amides is 3. The third-order valence-electron chi connectivity index (χ3n) is 3.20. The highest BCUT2D eigenvalue weighted by molar-refractivity contribution is 5.96. The minimum Gasteiger partial charge on any atom is -0.341 e. The van der Waals surface area contributed by atoms with E-state index < -0.39 is 12.1 Å². The van der Waals surface area contributed by atoms with Gasteiger partial charge in [0, 0.05) is 13.1 Å². The van der Waals surface area contributed by atoms with Crippen molar-refractivity contribution < 1.29 is 9.59 Å². The second-order valence-electron chi connectivity index (χ2n) is 4.83. The van der Waals surface area contributed by atoms with E-state index in [1.54, 1.807) is 6.92 Å². The van der Waals surface area contributed by atoms with E-state index in [0.717, 1.165) is 12.0 Å². The minimum absolute atomic E-state index is 0.0843. The lowest BCUT2D eigenvalue weighted by Crippen LogP contribution is -2.48. The molecular formula is C15H23N3O2. The number of urea groups is 1. The van der Waals surface area contributed by atoms with Crippen molar-refractivity contribution in [2.75, 3.05) is 7.05 Å². The van der Waals surface area contributed by atoms with E-state index in [1.165, 1.54) is 12.6 Å². The van der Waals surface area contributed by atoms with Crippen LogP contribution in [0.3, 0.4) is 0 Å². The second kappa shape index (κ2) is 7.65. The fraction of sp³-hybridized carbons (Fsp3) is 0.467. The molecule has 110 valence electrons. The van der Waals surface area contributed by atoms with Crippen molar-refractivity contribution in [3.05, 3.63) is 35.4 Å². The molecule has 1 aromatic rings. The van der Waals surface area contributed by atoms with Gasteiger partial charge in [0.2, 0.25) is 5.91 Å². The molecule has 20 heavy (non-hydrogen) atoms. The van der Waals surface area contributed by atoms with Gasteiger partial charge < -0.3 is 5.32 Å². The zero-order valence-corrected chi connectivity index (χ0v) is 12.5. The summed E-state index contributed by atoms with van der Waals surface area (Å²) in [5.74, 6) is -0.338. The maximum Gasteiger partial charge on any atom is 0.321 e. The molecule has 0 radical (unpaired) electrons. The number of hydrogen-bond donors (Lipinski definition) is 3. The van der Waals surface area contributed by atoms with Crippen LogP contribution in [-0.2, 0) is 4.79 Å². The van der Waals surface area contributed by atoms with Crippen molar-refractivity contribution in [2.24, 2.45) is 0 Å². The number of aryl methyl sites for hydroxylation is 1. The lowest BCUT2D eigenvalue weighted by atomic mass is 10.0. The number of imide groups is 1. The average Bonchev–Trinajstić information content (AvgIpc) is 2.45. The third kappa shape index (κ3) is 4.66. The zero-order valence-electron chi connectivity index (χ0n) is 12.5. The summed E-state index contributed by atoms with van der Waals surface area (Å²) in [7, 11) is 1.47. The zero-order chi connectivity index (χ0) is 15.1. The van der Waals surface area contributed by atoms with Crippen molar-refractivity contribution in [3.63, 3.8) is 0 Å². The molecule has 3 N–H and O–H groups in total. The molecule has 2 atom stereocenters. The van der Waals surface area contributed by atoms with Crippen molar-refractivity contribution in [3.8, 4) is 0 Å². The molecule has 3 amide bonds. The largest absolute Gasteiger partial charge is 0.341 e. The number of carbonyl (C=O) groups excluding carboxylic acids is 2. The first-order valence-electron chi connectivity index (χ1n) is 6.83. The molecule has 0 aliphatic carbocycles. The summed E-state index contributed by atoms with van der Waals surface area (Å²) >= 11 is 0. The van der Waals surface area contributed by atoms with Crippen molar-refractivity contribution in [2.45, 2.75) is 39.3 Å². The second-order valence-corrected chi connectivity index (χ2v) is 4.83. The van der Waals surface area contributed by atoms with Crippen LogP contribution in [-0.4, -0.2) is 25.0 Å². The first kappa shape index (κ1) is 16.2. The van der Waals surface area contributed by atoms with Gasteiger partial charge in [-0.25, -0.2) is 4.79 Å². The Morgan fingerprint density at radius 2 is 1.80 bits per heavy atom. The van der Waals surface area contributed by atoms with Gasteiger partial charge in [-0.1, -0.05) is 36.8 Å². The highest BCUT2D eigenvalue weighted by Crippen LogP contribution is 2.17. The maximum absolute atomic E-state index is 11.8. The maximum atomic E-state index is 11.8. The summed E-state index contributed by atoms with van der Waals surface area (Å²) in [6.07, 6.45) is 0.862. The van der Waals surface area contributed by atoms with E-state index >= 15 is 0 Å². The van der Waals surface area contributed by atoms with Gasteiger partial charge >= 0.3 is 6.03 Å². The summed E-state index contributed by atoms with van der Waals surface area (Å²) in [5.41, 5.74) is 2.34. The normalized spacial score (nSPS) is 13.4. The van der Waals surface area contributed by atoms with Gasteiger partial charge in [-0.3, -0.25) is 15.4 Å². The Bertz CT molecular complexity index is 457. The third-order valence-corrected chi connectivity index (χ3v) is 3.20. The van der Waals surface area contributed by atoms with Gasteiger partial charge in [0.1, 0.15) is 0 Å². The molecule has 1 aromatic carbocycles. The molecule has 0 unspecified atom stereocenters. The van der Waals surface area contributed by atoms with Crippen molar-refractivity contribution in [1.29, 1.82) is 0 Å².